The molecule has 94 valence electrons. The second-order valence-electron chi connectivity index (χ2n) is 4.42. The Hall–Kier alpha value is -0.610. The highest BCUT2D eigenvalue weighted by atomic mass is 16.5. The first-order valence-electron chi connectivity index (χ1n) is 6.27. The molecule has 0 aromatic carbocycles. The standard InChI is InChI=1S/C12H24N2O2/c1-4-14-10-5-7-11(8-6-10)16-9(2)12(15)13-3/h9-11,14H,4-8H2,1-3H3,(H,13,15). The molecule has 0 radical (unpaired) electrons. The maximum atomic E-state index is 11.3. The van der Waals surface area contributed by atoms with Crippen LogP contribution < -0.4 is 10.6 Å². The molecule has 1 aliphatic rings. The van der Waals surface area contributed by atoms with Crippen LogP contribution in [0.1, 0.15) is 39.5 Å². The van der Waals surface area contributed by atoms with E-state index < -0.39 is 0 Å². The molecule has 0 heterocycles. The van der Waals surface area contributed by atoms with Crippen LogP contribution in [0, 0.1) is 0 Å². The molecule has 0 aromatic heterocycles. The number of carbonyl (C=O) groups is 1. The Morgan fingerprint density at radius 1 is 1.38 bits per heavy atom. The highest BCUT2D eigenvalue weighted by molar-refractivity contribution is 5.79. The summed E-state index contributed by atoms with van der Waals surface area (Å²) in [6, 6.07) is 0.639. The Bertz CT molecular complexity index is 213. The monoisotopic (exact) mass is 228 g/mol. The van der Waals surface area contributed by atoms with Gasteiger partial charge in [-0.05, 0) is 39.2 Å². The summed E-state index contributed by atoms with van der Waals surface area (Å²) in [5.41, 5.74) is 0. The van der Waals surface area contributed by atoms with E-state index in [1.54, 1.807) is 7.05 Å². The van der Waals surface area contributed by atoms with E-state index in [0.717, 1.165) is 32.2 Å². The van der Waals surface area contributed by atoms with E-state index in [4.69, 9.17) is 4.74 Å². The second kappa shape index (κ2) is 6.86. The van der Waals surface area contributed by atoms with Gasteiger partial charge in [0.1, 0.15) is 6.10 Å². The van der Waals surface area contributed by atoms with Crippen LogP contribution in [-0.2, 0) is 9.53 Å². The van der Waals surface area contributed by atoms with Crippen LogP contribution in [0.15, 0.2) is 0 Å². The molecule has 0 aliphatic heterocycles. The van der Waals surface area contributed by atoms with Crippen LogP contribution in [0.4, 0.5) is 0 Å². The summed E-state index contributed by atoms with van der Waals surface area (Å²) in [7, 11) is 1.64. The van der Waals surface area contributed by atoms with E-state index in [1.807, 2.05) is 6.92 Å². The molecule has 0 saturated heterocycles. The molecule has 0 spiro atoms. The number of nitrogens with one attached hydrogen (secondary N) is 2. The normalized spacial score (nSPS) is 27.4. The Balaban J connectivity index is 2.24. The second-order valence-corrected chi connectivity index (χ2v) is 4.42. The molecule has 1 atom stereocenters. The number of rotatable bonds is 5. The molecule has 1 saturated carbocycles. The van der Waals surface area contributed by atoms with Gasteiger partial charge in [-0.25, -0.2) is 0 Å². The Kier molecular flexibility index (Phi) is 5.77. The number of ether oxygens (including phenoxy) is 1. The van der Waals surface area contributed by atoms with Crippen molar-refractivity contribution < 1.29 is 9.53 Å². The molecule has 4 nitrogen and oxygen atoms in total. The average Bonchev–Trinajstić information content (AvgIpc) is 2.31. The van der Waals surface area contributed by atoms with Gasteiger partial charge in [0.05, 0.1) is 6.10 Å². The number of amides is 1. The quantitative estimate of drug-likeness (QED) is 0.739. The molecule has 1 fully saturated rings. The van der Waals surface area contributed by atoms with E-state index in [0.29, 0.717) is 6.04 Å². The number of hydrogen-bond donors (Lipinski definition) is 2. The molecule has 16 heavy (non-hydrogen) atoms. The lowest BCUT2D eigenvalue weighted by Crippen LogP contribution is -2.39. The fourth-order valence-corrected chi connectivity index (χ4v) is 2.25. The molecule has 4 heteroatoms. The fraction of sp³-hybridized carbons (Fsp3) is 0.917. The summed E-state index contributed by atoms with van der Waals surface area (Å²) < 4.78 is 5.73. The van der Waals surface area contributed by atoms with Gasteiger partial charge < -0.3 is 15.4 Å². The van der Waals surface area contributed by atoms with E-state index in [-0.39, 0.29) is 18.1 Å². The van der Waals surface area contributed by atoms with Crippen LogP contribution in [0.5, 0.6) is 0 Å². The maximum Gasteiger partial charge on any atom is 0.248 e. The topological polar surface area (TPSA) is 50.4 Å². The Morgan fingerprint density at radius 2 is 2.00 bits per heavy atom. The van der Waals surface area contributed by atoms with Crippen LogP contribution >= 0.6 is 0 Å². The third-order valence-corrected chi connectivity index (χ3v) is 3.18. The van der Waals surface area contributed by atoms with Gasteiger partial charge in [0.2, 0.25) is 5.91 Å². The Morgan fingerprint density at radius 3 is 2.50 bits per heavy atom. The zero-order chi connectivity index (χ0) is 12.0. The summed E-state index contributed by atoms with van der Waals surface area (Å²) in [6.07, 6.45) is 4.34. The SMILES string of the molecule is CCNC1CCC(OC(C)C(=O)NC)CC1. The predicted octanol–water partition coefficient (Wildman–Crippen LogP) is 1.06. The number of likely N-dealkylation sites (N-methyl/N-ethyl adjacent to an activating group) is 1. The highest BCUT2D eigenvalue weighted by Crippen LogP contribution is 2.22. The molecule has 1 aliphatic carbocycles. The van der Waals surface area contributed by atoms with Crippen molar-refractivity contribution in [1.82, 2.24) is 10.6 Å². The summed E-state index contributed by atoms with van der Waals surface area (Å²) >= 11 is 0. The van der Waals surface area contributed by atoms with Crippen LogP contribution in [0.2, 0.25) is 0 Å². The lowest BCUT2D eigenvalue weighted by Gasteiger charge is -2.30. The highest BCUT2D eigenvalue weighted by Gasteiger charge is 2.24. The number of hydrogen-bond acceptors (Lipinski definition) is 3. The molecule has 2 N–H and O–H groups in total. The predicted molar refractivity (Wildman–Crippen MR) is 64.3 cm³/mol. The van der Waals surface area contributed by atoms with Crippen LogP contribution in [-0.4, -0.2) is 37.7 Å². The van der Waals surface area contributed by atoms with Crippen molar-refractivity contribution in [3.05, 3.63) is 0 Å². The van der Waals surface area contributed by atoms with Crippen molar-refractivity contribution in [2.75, 3.05) is 13.6 Å². The minimum atomic E-state index is -0.328. The summed E-state index contributed by atoms with van der Waals surface area (Å²) in [6.45, 7) is 4.98. The zero-order valence-corrected chi connectivity index (χ0v) is 10.6. The molecule has 0 aromatic rings. The molecular formula is C12H24N2O2. The van der Waals surface area contributed by atoms with Gasteiger partial charge in [0.25, 0.3) is 0 Å². The van der Waals surface area contributed by atoms with Gasteiger partial charge in [0, 0.05) is 13.1 Å². The average molecular weight is 228 g/mol. The van der Waals surface area contributed by atoms with Crippen molar-refractivity contribution in [3.8, 4) is 0 Å². The van der Waals surface area contributed by atoms with Crippen molar-refractivity contribution in [1.29, 1.82) is 0 Å². The Labute approximate surface area is 98.1 Å². The zero-order valence-electron chi connectivity index (χ0n) is 10.6. The number of carbonyl (C=O) groups excluding carboxylic acids is 1. The summed E-state index contributed by atoms with van der Waals surface area (Å²) in [5, 5.41) is 6.06. The fourth-order valence-electron chi connectivity index (χ4n) is 2.25. The van der Waals surface area contributed by atoms with Gasteiger partial charge >= 0.3 is 0 Å². The lowest BCUT2D eigenvalue weighted by molar-refractivity contribution is -0.136. The van der Waals surface area contributed by atoms with Crippen molar-refractivity contribution >= 4 is 5.91 Å². The third-order valence-electron chi connectivity index (χ3n) is 3.18. The van der Waals surface area contributed by atoms with Crippen molar-refractivity contribution in [2.45, 2.75) is 57.8 Å². The largest absolute Gasteiger partial charge is 0.365 e. The van der Waals surface area contributed by atoms with Crippen molar-refractivity contribution in [3.63, 3.8) is 0 Å². The lowest BCUT2D eigenvalue weighted by atomic mass is 9.93. The van der Waals surface area contributed by atoms with Crippen LogP contribution in [0.25, 0.3) is 0 Å². The van der Waals surface area contributed by atoms with E-state index >= 15 is 0 Å². The van der Waals surface area contributed by atoms with Crippen LogP contribution in [0.3, 0.4) is 0 Å². The minimum absolute atomic E-state index is 0.0335. The molecule has 1 unspecified atom stereocenters. The van der Waals surface area contributed by atoms with Gasteiger partial charge in [0.15, 0.2) is 0 Å². The minimum Gasteiger partial charge on any atom is -0.365 e. The van der Waals surface area contributed by atoms with Gasteiger partial charge in [-0.3, -0.25) is 4.79 Å². The first kappa shape index (κ1) is 13.5. The third kappa shape index (κ3) is 4.10. The first-order chi connectivity index (χ1) is 7.67. The smallest absolute Gasteiger partial charge is 0.248 e. The van der Waals surface area contributed by atoms with Gasteiger partial charge in [-0.1, -0.05) is 6.92 Å². The van der Waals surface area contributed by atoms with E-state index in [1.165, 1.54) is 0 Å². The molecule has 1 rings (SSSR count). The molecular weight excluding hydrogens is 204 g/mol. The van der Waals surface area contributed by atoms with E-state index in [2.05, 4.69) is 17.6 Å². The van der Waals surface area contributed by atoms with Crippen molar-refractivity contribution in [2.24, 2.45) is 0 Å². The van der Waals surface area contributed by atoms with Gasteiger partial charge in [-0.15, -0.1) is 0 Å². The molecule has 0 bridgehead atoms. The van der Waals surface area contributed by atoms with E-state index in [9.17, 15) is 4.79 Å². The van der Waals surface area contributed by atoms with Gasteiger partial charge in [-0.2, -0.15) is 0 Å². The maximum absolute atomic E-state index is 11.3. The first-order valence-corrected chi connectivity index (χ1v) is 6.27. The summed E-state index contributed by atoms with van der Waals surface area (Å²) in [4.78, 5) is 11.3. The molecule has 1 amide bonds. The summed E-state index contributed by atoms with van der Waals surface area (Å²) in [5.74, 6) is -0.0335.